The average molecular weight is 451 g/mol. The highest BCUT2D eigenvalue weighted by atomic mass is 16.6. The number of methoxy groups -OCH3 is 1. The summed E-state index contributed by atoms with van der Waals surface area (Å²) in [7, 11) is 1.30. The molecule has 8 heteroatoms. The number of nitrogens with one attached hydrogen (secondary N) is 2. The van der Waals surface area contributed by atoms with Crippen molar-refractivity contribution < 1.29 is 28.6 Å². The molecule has 0 heterocycles. The molecule has 0 radical (unpaired) electrons. The summed E-state index contributed by atoms with van der Waals surface area (Å²) >= 11 is 0. The summed E-state index contributed by atoms with van der Waals surface area (Å²) in [6, 6.07) is 8.67. The van der Waals surface area contributed by atoms with Crippen molar-refractivity contribution in [3.05, 3.63) is 35.9 Å². The molecular formula is C24H38N2O6. The highest BCUT2D eigenvalue weighted by Gasteiger charge is 2.23. The number of hydrogen-bond acceptors (Lipinski definition) is 7. The highest BCUT2D eigenvalue weighted by molar-refractivity contribution is 5.82. The first-order chi connectivity index (χ1) is 15.0. The topological polar surface area (TPSA) is 103 Å². The molecule has 0 aliphatic rings. The number of amides is 1. The van der Waals surface area contributed by atoms with Gasteiger partial charge >= 0.3 is 12.1 Å². The second kappa shape index (κ2) is 13.9. The Morgan fingerprint density at radius 1 is 1.06 bits per heavy atom. The number of hydrogen-bond donors (Lipinski definition) is 2. The van der Waals surface area contributed by atoms with E-state index in [1.165, 1.54) is 7.11 Å². The molecule has 1 amide bonds. The minimum absolute atomic E-state index is 0.00567. The number of benzene rings is 1. The van der Waals surface area contributed by atoms with E-state index < -0.39 is 23.7 Å². The van der Waals surface area contributed by atoms with Gasteiger partial charge in [0.25, 0.3) is 0 Å². The number of ketones is 1. The molecule has 1 rings (SSSR count). The van der Waals surface area contributed by atoms with Crippen molar-refractivity contribution in [2.45, 2.75) is 71.8 Å². The third-order valence-electron chi connectivity index (χ3n) is 4.67. The first-order valence-corrected chi connectivity index (χ1v) is 11.0. The zero-order valence-corrected chi connectivity index (χ0v) is 20.1. The van der Waals surface area contributed by atoms with Crippen LogP contribution < -0.4 is 10.6 Å². The summed E-state index contributed by atoms with van der Waals surface area (Å²) in [4.78, 5) is 36.5. The minimum atomic E-state index is -0.742. The van der Waals surface area contributed by atoms with Gasteiger partial charge in [-0.15, -0.1) is 0 Å². The summed E-state index contributed by atoms with van der Waals surface area (Å²) < 4.78 is 15.7. The monoisotopic (exact) mass is 450 g/mol. The molecule has 1 aromatic rings. The Balaban J connectivity index is 2.47. The SMILES string of the molecule is COC(=O)C(COCc1ccccc1)NCC(=O)CCC(NC(=O)OC(C)(C)C)C(C)C. The molecule has 0 aliphatic carbocycles. The number of carbonyl (C=O) groups excluding carboxylic acids is 3. The van der Waals surface area contributed by atoms with Crippen molar-refractivity contribution in [2.24, 2.45) is 5.92 Å². The molecule has 0 saturated heterocycles. The molecule has 0 aromatic heterocycles. The Kier molecular flexibility index (Phi) is 11.9. The average Bonchev–Trinajstić information content (AvgIpc) is 2.72. The fraction of sp³-hybridized carbons (Fsp3) is 0.625. The fourth-order valence-corrected chi connectivity index (χ4v) is 2.89. The lowest BCUT2D eigenvalue weighted by Gasteiger charge is -2.25. The molecule has 2 atom stereocenters. The van der Waals surface area contributed by atoms with Crippen LogP contribution in [0.25, 0.3) is 0 Å². The number of alkyl carbamates (subject to hydrolysis) is 1. The number of rotatable bonds is 13. The van der Waals surface area contributed by atoms with Gasteiger partial charge in [-0.1, -0.05) is 44.2 Å². The van der Waals surface area contributed by atoms with Crippen LogP contribution in [0.5, 0.6) is 0 Å². The molecule has 32 heavy (non-hydrogen) atoms. The number of Topliss-reactive ketones (excluding diaryl/α,β-unsaturated/α-hetero) is 1. The highest BCUT2D eigenvalue weighted by Crippen LogP contribution is 2.12. The van der Waals surface area contributed by atoms with Crippen LogP contribution in [0, 0.1) is 5.92 Å². The van der Waals surface area contributed by atoms with Gasteiger partial charge in [0.2, 0.25) is 0 Å². The van der Waals surface area contributed by atoms with E-state index in [1.54, 1.807) is 20.8 Å². The van der Waals surface area contributed by atoms with Crippen LogP contribution >= 0.6 is 0 Å². The maximum absolute atomic E-state index is 12.4. The van der Waals surface area contributed by atoms with Gasteiger partial charge < -0.3 is 19.5 Å². The standard InChI is InChI=1S/C24H38N2O6/c1-17(2)20(26-23(29)32-24(3,4)5)13-12-19(27)14-25-21(22(28)30-6)16-31-15-18-10-8-7-9-11-18/h7-11,17,20-21,25H,12-16H2,1-6H3,(H,26,29). The maximum Gasteiger partial charge on any atom is 0.407 e. The zero-order chi connectivity index (χ0) is 24.1. The number of esters is 1. The predicted molar refractivity (Wildman–Crippen MR) is 122 cm³/mol. The van der Waals surface area contributed by atoms with E-state index in [0.29, 0.717) is 13.0 Å². The summed E-state index contributed by atoms with van der Waals surface area (Å²) in [6.45, 7) is 9.80. The fourth-order valence-electron chi connectivity index (χ4n) is 2.89. The summed E-state index contributed by atoms with van der Waals surface area (Å²) in [5.41, 5.74) is 0.404. The first-order valence-electron chi connectivity index (χ1n) is 11.0. The maximum atomic E-state index is 12.4. The Morgan fingerprint density at radius 2 is 1.72 bits per heavy atom. The second-order valence-electron chi connectivity index (χ2n) is 9.03. The van der Waals surface area contributed by atoms with E-state index in [-0.39, 0.29) is 37.3 Å². The van der Waals surface area contributed by atoms with Crippen LogP contribution in [0.15, 0.2) is 30.3 Å². The lowest BCUT2D eigenvalue weighted by atomic mass is 9.98. The van der Waals surface area contributed by atoms with Crippen molar-refractivity contribution in [1.82, 2.24) is 10.6 Å². The molecule has 0 saturated carbocycles. The largest absolute Gasteiger partial charge is 0.468 e. The van der Waals surface area contributed by atoms with Crippen LogP contribution in [0.4, 0.5) is 4.79 Å². The Hall–Kier alpha value is -2.45. The van der Waals surface area contributed by atoms with Gasteiger partial charge in [0.05, 0.1) is 26.9 Å². The molecule has 8 nitrogen and oxygen atoms in total. The van der Waals surface area contributed by atoms with E-state index in [9.17, 15) is 14.4 Å². The van der Waals surface area contributed by atoms with Gasteiger partial charge in [-0.25, -0.2) is 4.79 Å². The van der Waals surface area contributed by atoms with E-state index in [1.807, 2.05) is 44.2 Å². The molecule has 0 aliphatic heterocycles. The van der Waals surface area contributed by atoms with E-state index in [4.69, 9.17) is 14.2 Å². The van der Waals surface area contributed by atoms with Gasteiger partial charge in [-0.2, -0.15) is 0 Å². The summed E-state index contributed by atoms with van der Waals surface area (Å²) in [5, 5.41) is 5.76. The third kappa shape index (κ3) is 11.8. The molecule has 0 fully saturated rings. The normalized spacial score (nSPS) is 13.3. The molecular weight excluding hydrogens is 412 g/mol. The Bertz CT molecular complexity index is 715. The van der Waals surface area contributed by atoms with Crippen molar-refractivity contribution in [1.29, 1.82) is 0 Å². The predicted octanol–water partition coefficient (Wildman–Crippen LogP) is 3.23. The second-order valence-corrected chi connectivity index (χ2v) is 9.03. The van der Waals surface area contributed by atoms with Crippen molar-refractivity contribution in [3.63, 3.8) is 0 Å². The van der Waals surface area contributed by atoms with Crippen LogP contribution in [-0.2, 0) is 30.4 Å². The van der Waals surface area contributed by atoms with E-state index in [0.717, 1.165) is 5.56 Å². The molecule has 2 N–H and O–H groups in total. The van der Waals surface area contributed by atoms with Crippen molar-refractivity contribution in [3.8, 4) is 0 Å². The minimum Gasteiger partial charge on any atom is -0.468 e. The van der Waals surface area contributed by atoms with Gasteiger partial charge in [0.15, 0.2) is 0 Å². The first kappa shape index (κ1) is 27.6. The summed E-state index contributed by atoms with van der Waals surface area (Å²) in [6.07, 6.45) is 0.234. The van der Waals surface area contributed by atoms with Crippen LogP contribution in [0.1, 0.15) is 53.0 Å². The third-order valence-corrected chi connectivity index (χ3v) is 4.67. The molecule has 2 unspecified atom stereocenters. The van der Waals surface area contributed by atoms with Crippen LogP contribution in [0.3, 0.4) is 0 Å². The van der Waals surface area contributed by atoms with E-state index >= 15 is 0 Å². The lowest BCUT2D eigenvalue weighted by Crippen LogP contribution is -2.44. The molecule has 180 valence electrons. The van der Waals surface area contributed by atoms with Crippen molar-refractivity contribution >= 4 is 17.8 Å². The van der Waals surface area contributed by atoms with Crippen molar-refractivity contribution in [2.75, 3.05) is 20.3 Å². The van der Waals surface area contributed by atoms with Crippen LogP contribution in [-0.4, -0.2) is 55.8 Å². The number of ether oxygens (including phenoxy) is 3. The summed E-state index contributed by atoms with van der Waals surface area (Å²) in [5.74, 6) is -0.423. The van der Waals surface area contributed by atoms with Gasteiger partial charge in [0, 0.05) is 12.5 Å². The van der Waals surface area contributed by atoms with Gasteiger partial charge in [-0.3, -0.25) is 14.9 Å². The smallest absolute Gasteiger partial charge is 0.407 e. The molecule has 0 spiro atoms. The Morgan fingerprint density at radius 3 is 2.28 bits per heavy atom. The number of carbonyl (C=O) groups is 3. The molecule has 0 bridgehead atoms. The quantitative estimate of drug-likeness (QED) is 0.445. The van der Waals surface area contributed by atoms with Gasteiger partial charge in [0.1, 0.15) is 17.4 Å². The lowest BCUT2D eigenvalue weighted by molar-refractivity contribution is -0.145. The zero-order valence-electron chi connectivity index (χ0n) is 20.1. The Labute approximate surface area is 191 Å². The van der Waals surface area contributed by atoms with Gasteiger partial charge in [-0.05, 0) is 38.7 Å². The van der Waals surface area contributed by atoms with E-state index in [2.05, 4.69) is 10.6 Å². The van der Waals surface area contributed by atoms with Crippen LogP contribution in [0.2, 0.25) is 0 Å². The molecule has 1 aromatic carbocycles.